The van der Waals surface area contributed by atoms with E-state index in [2.05, 4.69) is 0 Å². The Labute approximate surface area is 295 Å². The predicted molar refractivity (Wildman–Crippen MR) is 198 cm³/mol. The second-order valence-corrected chi connectivity index (χ2v) is 10.6. The molecule has 0 aliphatic heterocycles. The molecular weight excluding hydrogens is 553 g/mol. The summed E-state index contributed by atoms with van der Waals surface area (Å²) in [7, 11) is 0. The smallest absolute Gasteiger partial charge is 0.0622 e. The highest BCUT2D eigenvalue weighted by atomic mass is 14.2. The molecule has 0 heteroatoms. The fourth-order valence-corrected chi connectivity index (χ4v) is 5.89. The van der Waals surface area contributed by atoms with Gasteiger partial charge in [-0.2, -0.15) is 0 Å². The fourth-order valence-electron chi connectivity index (χ4n) is 5.89. The normalized spacial score (nSPS) is 17.3. The third-order valence-corrected chi connectivity index (χ3v) is 7.98. The number of hydrogen-bond donors (Lipinski definition) is 0. The molecule has 0 bridgehead atoms. The van der Waals surface area contributed by atoms with E-state index in [0.717, 1.165) is 16.3 Å². The van der Waals surface area contributed by atoms with Gasteiger partial charge in [-0.1, -0.05) is 157 Å². The molecule has 0 N–H and O–H groups in total. The molecule has 0 aliphatic carbocycles. The Balaban J connectivity index is 1.59. The van der Waals surface area contributed by atoms with Crippen LogP contribution in [-0.4, -0.2) is 0 Å². The van der Waals surface area contributed by atoms with E-state index < -0.39 is 159 Å². The molecule has 0 saturated carbocycles. The number of rotatable bonds is 4. The van der Waals surface area contributed by atoms with Gasteiger partial charge in [-0.15, -0.1) is 0 Å². The van der Waals surface area contributed by atoms with Gasteiger partial charge in [-0.05, 0) is 112 Å². The molecule has 0 heterocycles. The van der Waals surface area contributed by atoms with Crippen molar-refractivity contribution < 1.29 is 26.0 Å². The van der Waals surface area contributed by atoms with E-state index >= 15 is 0 Å². The van der Waals surface area contributed by atoms with Gasteiger partial charge in [0.1, 0.15) is 0 Å². The van der Waals surface area contributed by atoms with Crippen LogP contribution in [0.3, 0.4) is 0 Å². The summed E-state index contributed by atoms with van der Waals surface area (Å²) in [6.07, 6.45) is 0. The van der Waals surface area contributed by atoms with Gasteiger partial charge >= 0.3 is 0 Å². The zero-order valence-corrected chi connectivity index (χ0v) is 23.9. The molecule has 0 amide bonds. The molecule has 0 radical (unpaired) electrons. The summed E-state index contributed by atoms with van der Waals surface area (Å²) in [5, 5.41) is -0.528. The first kappa shape index (κ1) is 13.6. The maximum absolute atomic E-state index is 9.97. The first-order valence-corrected chi connectivity index (χ1v) is 14.4. The Morgan fingerprint density at radius 2 is 0.957 bits per heavy atom. The number of hydrogen-bond acceptors (Lipinski definition) is 0. The molecule has 0 saturated heterocycles. The summed E-state index contributed by atoms with van der Waals surface area (Å²) in [4.78, 5) is 0. The van der Waals surface area contributed by atoms with E-state index in [1.54, 1.807) is 24.3 Å². The molecule has 0 unspecified atom stereocenters. The quantitative estimate of drug-likeness (QED) is 0.176. The number of benzene rings is 9. The highest BCUT2D eigenvalue weighted by Gasteiger charge is 2.18. The minimum atomic E-state index is -0.834. The highest BCUT2D eigenvalue weighted by Crippen LogP contribution is 2.45. The van der Waals surface area contributed by atoms with Crippen LogP contribution in [0.5, 0.6) is 0 Å². The topological polar surface area (TPSA) is 0 Å². The zero-order chi connectivity index (χ0) is 47.0. The molecule has 0 atom stereocenters. The maximum atomic E-state index is 9.97. The summed E-state index contributed by atoms with van der Waals surface area (Å²) >= 11 is 0. The Bertz CT molecular complexity index is 3620. The molecule has 0 aliphatic rings. The molecule has 46 heavy (non-hydrogen) atoms. The molecule has 0 aromatic heterocycles. The van der Waals surface area contributed by atoms with Crippen LogP contribution in [-0.2, 0) is 0 Å². The zero-order valence-electron chi connectivity index (χ0n) is 42.9. The van der Waals surface area contributed by atoms with E-state index in [4.69, 9.17) is 16.4 Å². The Morgan fingerprint density at radius 3 is 1.80 bits per heavy atom. The van der Waals surface area contributed by atoms with Crippen molar-refractivity contribution in [2.45, 2.75) is 0 Å². The second-order valence-electron chi connectivity index (χ2n) is 10.6. The highest BCUT2D eigenvalue weighted by molar-refractivity contribution is 6.22. The third-order valence-electron chi connectivity index (χ3n) is 7.98. The number of fused-ring (bicyclic) bond motifs is 4. The van der Waals surface area contributed by atoms with Crippen molar-refractivity contribution in [1.29, 1.82) is 0 Å². The molecule has 0 spiro atoms. The van der Waals surface area contributed by atoms with Crippen molar-refractivity contribution in [2.75, 3.05) is 0 Å². The third kappa shape index (κ3) is 4.47. The summed E-state index contributed by atoms with van der Waals surface area (Å²) in [6.45, 7) is 0. The molecule has 9 aromatic carbocycles. The second kappa shape index (κ2) is 10.9. The van der Waals surface area contributed by atoms with Crippen LogP contribution in [0.15, 0.2) is 182 Å². The summed E-state index contributed by atoms with van der Waals surface area (Å²) in [5.41, 5.74) is -0.824. The molecule has 0 nitrogen and oxygen atoms in total. The van der Waals surface area contributed by atoms with Gasteiger partial charge in [-0.3, -0.25) is 0 Å². The van der Waals surface area contributed by atoms with Gasteiger partial charge < -0.3 is 0 Å². The largest absolute Gasteiger partial charge is 0.0636 e. The van der Waals surface area contributed by atoms with Crippen LogP contribution >= 0.6 is 0 Å². The Morgan fingerprint density at radius 1 is 0.304 bits per heavy atom. The van der Waals surface area contributed by atoms with Crippen molar-refractivity contribution in [1.82, 2.24) is 0 Å². The van der Waals surface area contributed by atoms with Crippen LogP contribution in [0.2, 0.25) is 0 Å². The van der Waals surface area contributed by atoms with Gasteiger partial charge in [0, 0.05) is 0 Å². The van der Waals surface area contributed by atoms with Crippen molar-refractivity contribution in [3.63, 3.8) is 0 Å². The van der Waals surface area contributed by atoms with Crippen LogP contribution in [0, 0.1) is 0 Å². The van der Waals surface area contributed by atoms with E-state index in [1.807, 2.05) is 42.5 Å². The Hall–Kier alpha value is -5.98. The molecule has 0 fully saturated rings. The minimum Gasteiger partial charge on any atom is -0.0622 e. The molecular formula is C46H30. The van der Waals surface area contributed by atoms with Gasteiger partial charge in [0.15, 0.2) is 0 Å². The minimum absolute atomic E-state index is 0.0696. The maximum Gasteiger partial charge on any atom is 0.0636 e. The predicted octanol–water partition coefficient (Wildman–Crippen LogP) is 13.0. The van der Waals surface area contributed by atoms with Crippen LogP contribution < -0.4 is 0 Å². The fraction of sp³-hybridized carbons (Fsp3) is 0. The standard InChI is InChI=1S/C46H30/c1-2-11-31(12-3-1)38-25-26-43-44(30-38)46(40-24-22-33-14-5-7-16-35(33)28-40)42-20-9-8-19-41(42)45(43)39-18-10-17-36(29-39)37-23-21-32-13-4-6-15-34(32)27-37/h1-30H/i1D,2D,3D,5D,7D,8D,9D,11D,12D,14D,16D,19D,20D,22D,24D,25D,26D,28D,30D. The first-order chi connectivity index (χ1) is 30.7. The van der Waals surface area contributed by atoms with E-state index in [1.165, 1.54) is 0 Å². The van der Waals surface area contributed by atoms with Crippen LogP contribution in [0.1, 0.15) is 26.0 Å². The van der Waals surface area contributed by atoms with E-state index in [0.29, 0.717) is 5.56 Å². The lowest BCUT2D eigenvalue weighted by atomic mass is 9.84. The lowest BCUT2D eigenvalue weighted by Gasteiger charge is -2.19. The van der Waals surface area contributed by atoms with Gasteiger partial charge in [-0.25, -0.2) is 0 Å². The van der Waals surface area contributed by atoms with Gasteiger partial charge in [0.05, 0.1) is 26.0 Å². The lowest BCUT2D eigenvalue weighted by Crippen LogP contribution is -1.92. The van der Waals surface area contributed by atoms with Crippen molar-refractivity contribution >= 4 is 43.1 Å². The van der Waals surface area contributed by atoms with Crippen LogP contribution in [0.4, 0.5) is 0 Å². The monoisotopic (exact) mass is 601 g/mol. The molecule has 9 rings (SSSR count). The van der Waals surface area contributed by atoms with E-state index in [9.17, 15) is 9.60 Å². The molecule has 9 aromatic rings. The van der Waals surface area contributed by atoms with Crippen molar-refractivity contribution in [2.24, 2.45) is 0 Å². The lowest BCUT2D eigenvalue weighted by molar-refractivity contribution is 1.62. The molecule has 214 valence electrons. The van der Waals surface area contributed by atoms with Gasteiger partial charge in [0.2, 0.25) is 0 Å². The SMILES string of the molecule is [2H]c1c([2H])c([2H])c(-c2c([2H])c([2H])c3c(-c4cccc(-c5ccc6ccccc6c5)c4)c4c([2H])c([2H])c([2H])c([2H])c4c(-c4c([2H])c([2H])c5c([2H])c([2H])c([2H])c([2H])c5c4[2H])c3c2[2H])c([2H])c1[2H]. The van der Waals surface area contributed by atoms with Gasteiger partial charge in [0.25, 0.3) is 0 Å². The van der Waals surface area contributed by atoms with E-state index in [-0.39, 0.29) is 21.9 Å². The average molecular weight is 602 g/mol. The van der Waals surface area contributed by atoms with Crippen molar-refractivity contribution in [3.8, 4) is 44.5 Å². The van der Waals surface area contributed by atoms with Crippen LogP contribution in [0.25, 0.3) is 87.6 Å². The summed E-state index contributed by atoms with van der Waals surface area (Å²) in [5.74, 6) is 0. The first-order valence-electron chi connectivity index (χ1n) is 23.9. The van der Waals surface area contributed by atoms with Crippen molar-refractivity contribution in [3.05, 3.63) is 182 Å². The summed E-state index contributed by atoms with van der Waals surface area (Å²) in [6, 6.07) is 5.67. The Kier molecular flexibility index (Phi) is 3.21. The average Bonchev–Trinajstić information content (AvgIpc) is 3.30. The summed E-state index contributed by atoms with van der Waals surface area (Å²) < 4.78 is 171.